The van der Waals surface area contributed by atoms with Crippen LogP contribution in [0, 0.1) is 0 Å². The van der Waals surface area contributed by atoms with Crippen molar-refractivity contribution in [2.75, 3.05) is 6.54 Å². The van der Waals surface area contributed by atoms with Crippen LogP contribution in [0.3, 0.4) is 0 Å². The number of benzene rings is 1. The van der Waals surface area contributed by atoms with Crippen LogP contribution in [0.1, 0.15) is 40.2 Å². The molecule has 6 heteroatoms. The Labute approximate surface area is 140 Å². The lowest BCUT2D eigenvalue weighted by molar-refractivity contribution is 0.0722. The average molecular weight is 331 g/mol. The van der Waals surface area contributed by atoms with E-state index < -0.39 is 0 Å². The van der Waals surface area contributed by atoms with Gasteiger partial charge in [0.2, 0.25) is 0 Å². The Hall–Kier alpha value is -1.85. The number of nitrogens with zero attached hydrogens (tertiary/aromatic N) is 2. The summed E-state index contributed by atoms with van der Waals surface area (Å²) in [7, 11) is 0. The Morgan fingerprint density at radius 3 is 2.83 bits per heavy atom. The van der Waals surface area contributed by atoms with Crippen LogP contribution in [0.25, 0.3) is 0 Å². The second-order valence-electron chi connectivity index (χ2n) is 6.25. The van der Waals surface area contributed by atoms with Gasteiger partial charge in [0, 0.05) is 48.4 Å². The highest BCUT2D eigenvalue weighted by atomic mass is 35.5. The third kappa shape index (κ3) is 2.99. The van der Waals surface area contributed by atoms with E-state index in [1.54, 1.807) is 0 Å². The van der Waals surface area contributed by atoms with Gasteiger partial charge < -0.3 is 10.2 Å². The smallest absolute Gasteiger partial charge is 0.275 e. The molecule has 1 aromatic heterocycles. The zero-order chi connectivity index (χ0) is 15.8. The number of H-pyrrole nitrogens is 1. The molecule has 0 radical (unpaired) electrons. The minimum absolute atomic E-state index is 0.0312. The number of halogens is 1. The summed E-state index contributed by atoms with van der Waals surface area (Å²) in [4.78, 5) is 15.0. The predicted octanol–water partition coefficient (Wildman–Crippen LogP) is 2.51. The number of carbonyl (C=O) groups is 1. The van der Waals surface area contributed by atoms with Crippen molar-refractivity contribution in [1.29, 1.82) is 0 Å². The molecule has 1 amide bonds. The molecule has 2 heterocycles. The number of rotatable bonds is 4. The van der Waals surface area contributed by atoms with Crippen molar-refractivity contribution < 1.29 is 4.79 Å². The number of nitrogens with one attached hydrogen (secondary N) is 2. The van der Waals surface area contributed by atoms with E-state index in [-0.39, 0.29) is 5.91 Å². The van der Waals surface area contributed by atoms with Crippen LogP contribution in [0.15, 0.2) is 24.3 Å². The Bertz CT molecular complexity index is 721. The Morgan fingerprint density at radius 1 is 1.30 bits per heavy atom. The van der Waals surface area contributed by atoms with Crippen LogP contribution in [0.2, 0.25) is 5.02 Å². The van der Waals surface area contributed by atoms with Crippen LogP contribution < -0.4 is 5.32 Å². The maximum Gasteiger partial charge on any atom is 0.275 e. The summed E-state index contributed by atoms with van der Waals surface area (Å²) < 4.78 is 0. The highest BCUT2D eigenvalue weighted by molar-refractivity contribution is 6.30. The van der Waals surface area contributed by atoms with Gasteiger partial charge in [-0.1, -0.05) is 23.7 Å². The van der Waals surface area contributed by atoms with Crippen LogP contribution in [0.5, 0.6) is 0 Å². The van der Waals surface area contributed by atoms with Gasteiger partial charge in [0.1, 0.15) is 0 Å². The summed E-state index contributed by atoms with van der Waals surface area (Å²) in [6, 6.07) is 8.03. The van der Waals surface area contributed by atoms with Gasteiger partial charge in [0.05, 0.1) is 0 Å². The van der Waals surface area contributed by atoms with E-state index in [0.29, 0.717) is 29.8 Å². The minimum atomic E-state index is 0.0312. The monoisotopic (exact) mass is 330 g/mol. The predicted molar refractivity (Wildman–Crippen MR) is 88.3 cm³/mol. The second-order valence-corrected chi connectivity index (χ2v) is 6.68. The van der Waals surface area contributed by atoms with Gasteiger partial charge >= 0.3 is 0 Å². The molecule has 2 aromatic rings. The maximum absolute atomic E-state index is 13.0. The van der Waals surface area contributed by atoms with Crippen molar-refractivity contribution in [2.45, 2.75) is 38.4 Å². The van der Waals surface area contributed by atoms with Gasteiger partial charge in [0.15, 0.2) is 5.69 Å². The quantitative estimate of drug-likeness (QED) is 0.905. The fraction of sp³-hybridized carbons (Fsp3) is 0.412. The number of hydrogen-bond acceptors (Lipinski definition) is 3. The SMILES string of the molecule is O=C(c1n[nH]c2c1CNCC2)N(Cc1ccc(Cl)cc1)C1CC1. The molecule has 120 valence electrons. The standard InChI is InChI=1S/C17H19ClN4O/c18-12-3-1-11(2-4-12)10-22(13-5-6-13)17(23)16-14-9-19-8-7-15(14)20-21-16/h1-4,13,19H,5-10H2,(H,20,21). The molecule has 1 aliphatic heterocycles. The van der Waals surface area contributed by atoms with Crippen molar-refractivity contribution in [3.8, 4) is 0 Å². The topological polar surface area (TPSA) is 61.0 Å². The fourth-order valence-corrected chi connectivity index (χ4v) is 3.20. The molecule has 2 N–H and O–H groups in total. The lowest BCUT2D eigenvalue weighted by Crippen LogP contribution is -2.34. The first-order chi connectivity index (χ1) is 11.2. The Balaban J connectivity index is 1.58. The van der Waals surface area contributed by atoms with E-state index in [9.17, 15) is 4.79 Å². The van der Waals surface area contributed by atoms with Crippen molar-refractivity contribution in [3.63, 3.8) is 0 Å². The van der Waals surface area contributed by atoms with E-state index in [2.05, 4.69) is 15.5 Å². The number of carbonyl (C=O) groups excluding carboxylic acids is 1. The average Bonchev–Trinajstić information content (AvgIpc) is 3.32. The first-order valence-electron chi connectivity index (χ1n) is 8.04. The molecule has 4 rings (SSSR count). The number of amides is 1. The first-order valence-corrected chi connectivity index (χ1v) is 8.42. The molecule has 1 aliphatic carbocycles. The molecule has 1 saturated carbocycles. The third-order valence-electron chi connectivity index (χ3n) is 4.52. The van der Waals surface area contributed by atoms with Gasteiger partial charge in [-0.15, -0.1) is 0 Å². The molecule has 1 fully saturated rings. The van der Waals surface area contributed by atoms with E-state index in [0.717, 1.165) is 42.6 Å². The number of aromatic amines is 1. The summed E-state index contributed by atoms with van der Waals surface area (Å²) in [5.41, 5.74) is 3.79. The van der Waals surface area contributed by atoms with E-state index in [4.69, 9.17) is 11.6 Å². The van der Waals surface area contributed by atoms with Crippen LogP contribution in [-0.4, -0.2) is 33.6 Å². The normalized spacial score (nSPS) is 16.9. The lowest BCUT2D eigenvalue weighted by atomic mass is 10.1. The van der Waals surface area contributed by atoms with Gasteiger partial charge in [0.25, 0.3) is 5.91 Å². The molecule has 5 nitrogen and oxygen atoms in total. The number of aromatic nitrogens is 2. The molecule has 2 aliphatic rings. The zero-order valence-corrected chi connectivity index (χ0v) is 13.6. The molecular weight excluding hydrogens is 312 g/mol. The lowest BCUT2D eigenvalue weighted by Gasteiger charge is -2.23. The summed E-state index contributed by atoms with van der Waals surface area (Å²) in [6.45, 7) is 2.25. The molecule has 0 bridgehead atoms. The molecule has 1 aromatic carbocycles. The fourth-order valence-electron chi connectivity index (χ4n) is 3.08. The molecule has 23 heavy (non-hydrogen) atoms. The van der Waals surface area contributed by atoms with Gasteiger partial charge in [-0.3, -0.25) is 9.89 Å². The maximum atomic E-state index is 13.0. The third-order valence-corrected chi connectivity index (χ3v) is 4.78. The molecule has 0 unspecified atom stereocenters. The highest BCUT2D eigenvalue weighted by Gasteiger charge is 2.35. The van der Waals surface area contributed by atoms with E-state index in [1.165, 1.54) is 0 Å². The molecule has 0 saturated heterocycles. The molecular formula is C17H19ClN4O. The number of fused-ring (bicyclic) bond motifs is 1. The van der Waals surface area contributed by atoms with Crippen LogP contribution in [0.4, 0.5) is 0 Å². The van der Waals surface area contributed by atoms with Gasteiger partial charge in [-0.05, 0) is 30.5 Å². The Morgan fingerprint density at radius 2 is 2.09 bits per heavy atom. The molecule has 0 atom stereocenters. The number of hydrogen-bond donors (Lipinski definition) is 2. The van der Waals surface area contributed by atoms with Crippen molar-refractivity contribution >= 4 is 17.5 Å². The van der Waals surface area contributed by atoms with Crippen molar-refractivity contribution in [1.82, 2.24) is 20.4 Å². The summed E-state index contributed by atoms with van der Waals surface area (Å²) in [6.07, 6.45) is 3.05. The van der Waals surface area contributed by atoms with Crippen molar-refractivity contribution in [3.05, 3.63) is 51.8 Å². The van der Waals surface area contributed by atoms with E-state index >= 15 is 0 Å². The zero-order valence-electron chi connectivity index (χ0n) is 12.8. The second kappa shape index (κ2) is 5.98. The summed E-state index contributed by atoms with van der Waals surface area (Å²) in [5, 5.41) is 11.4. The summed E-state index contributed by atoms with van der Waals surface area (Å²) in [5.74, 6) is 0.0312. The molecule has 0 spiro atoms. The van der Waals surface area contributed by atoms with Gasteiger partial charge in [-0.25, -0.2) is 0 Å². The largest absolute Gasteiger partial charge is 0.330 e. The Kier molecular flexibility index (Phi) is 3.83. The van der Waals surface area contributed by atoms with Crippen LogP contribution >= 0.6 is 11.6 Å². The first kappa shape index (κ1) is 14.7. The van der Waals surface area contributed by atoms with Crippen molar-refractivity contribution in [2.24, 2.45) is 0 Å². The van der Waals surface area contributed by atoms with E-state index in [1.807, 2.05) is 29.2 Å². The summed E-state index contributed by atoms with van der Waals surface area (Å²) >= 11 is 5.94. The van der Waals surface area contributed by atoms with Crippen LogP contribution in [-0.2, 0) is 19.5 Å². The minimum Gasteiger partial charge on any atom is -0.330 e. The highest BCUT2D eigenvalue weighted by Crippen LogP contribution is 2.31. The van der Waals surface area contributed by atoms with Gasteiger partial charge in [-0.2, -0.15) is 5.10 Å².